The van der Waals surface area contributed by atoms with Crippen LogP contribution in [0.4, 0.5) is 0 Å². The number of fused-ring (bicyclic) bond motifs is 2. The molecule has 4 aromatic rings. The fourth-order valence-corrected chi connectivity index (χ4v) is 4.77. The standard InChI is InChI=1S/C24H23BrN6O/c1-24(16-26)5-8-29(9-6-24)12-17-2-3-22-28-18(15-31(22)13-17)14-30-7-4-19-20(23(30)32)10-27-11-21(19)25/h2-4,7,10-11,13,15H,5-6,8-9,12,14H2,1H3. The number of piperidine rings is 1. The number of nitriles is 1. The summed E-state index contributed by atoms with van der Waals surface area (Å²) in [7, 11) is 0. The van der Waals surface area contributed by atoms with E-state index in [0.717, 1.165) is 53.7 Å². The van der Waals surface area contributed by atoms with E-state index in [1.54, 1.807) is 23.2 Å². The van der Waals surface area contributed by atoms with Crippen molar-refractivity contribution in [1.29, 1.82) is 5.26 Å². The van der Waals surface area contributed by atoms with Crippen LogP contribution in [0.25, 0.3) is 16.4 Å². The van der Waals surface area contributed by atoms with Crippen LogP contribution < -0.4 is 5.56 Å². The highest BCUT2D eigenvalue weighted by Gasteiger charge is 2.29. The smallest absolute Gasteiger partial charge is 0.260 e. The minimum absolute atomic E-state index is 0.0801. The Balaban J connectivity index is 1.35. The summed E-state index contributed by atoms with van der Waals surface area (Å²) in [6.07, 6.45) is 11.0. The molecule has 5 rings (SSSR count). The molecule has 1 aliphatic rings. The second-order valence-corrected chi connectivity index (χ2v) is 9.67. The summed E-state index contributed by atoms with van der Waals surface area (Å²) in [4.78, 5) is 24.1. The third kappa shape index (κ3) is 3.94. The summed E-state index contributed by atoms with van der Waals surface area (Å²) in [6, 6.07) is 8.51. The van der Waals surface area contributed by atoms with Gasteiger partial charge < -0.3 is 8.97 Å². The monoisotopic (exact) mass is 490 g/mol. The largest absolute Gasteiger partial charge is 0.309 e. The minimum Gasteiger partial charge on any atom is -0.309 e. The first-order chi connectivity index (χ1) is 15.4. The molecule has 0 unspecified atom stereocenters. The number of nitrogens with zero attached hydrogens (tertiary/aromatic N) is 6. The molecule has 4 aromatic heterocycles. The number of likely N-dealkylation sites (tertiary alicyclic amines) is 1. The Morgan fingerprint density at radius 1 is 1.12 bits per heavy atom. The number of hydrogen-bond acceptors (Lipinski definition) is 5. The van der Waals surface area contributed by atoms with Gasteiger partial charge in [-0.2, -0.15) is 5.26 Å². The van der Waals surface area contributed by atoms with Gasteiger partial charge in [-0.05, 0) is 66.5 Å². The average Bonchev–Trinajstić information content (AvgIpc) is 3.19. The van der Waals surface area contributed by atoms with E-state index in [4.69, 9.17) is 4.98 Å². The van der Waals surface area contributed by atoms with Crippen molar-refractivity contribution in [3.05, 3.63) is 75.3 Å². The highest BCUT2D eigenvalue weighted by atomic mass is 79.9. The van der Waals surface area contributed by atoms with Crippen molar-refractivity contribution in [2.75, 3.05) is 13.1 Å². The van der Waals surface area contributed by atoms with Crippen molar-refractivity contribution in [2.45, 2.75) is 32.9 Å². The lowest BCUT2D eigenvalue weighted by atomic mass is 9.82. The Bertz CT molecular complexity index is 1410. The van der Waals surface area contributed by atoms with Gasteiger partial charge in [-0.1, -0.05) is 6.07 Å². The van der Waals surface area contributed by atoms with Crippen LogP contribution in [0, 0.1) is 16.7 Å². The Kier molecular flexibility index (Phi) is 5.31. The quantitative estimate of drug-likeness (QED) is 0.432. The van der Waals surface area contributed by atoms with Crippen LogP contribution >= 0.6 is 15.9 Å². The highest BCUT2D eigenvalue weighted by Crippen LogP contribution is 2.30. The van der Waals surface area contributed by atoms with Crippen LogP contribution in [0.15, 0.2) is 58.5 Å². The predicted octanol–water partition coefficient (Wildman–Crippen LogP) is 3.98. The average molecular weight is 491 g/mol. The van der Waals surface area contributed by atoms with Crippen LogP contribution in [-0.4, -0.2) is 36.9 Å². The van der Waals surface area contributed by atoms with E-state index in [0.29, 0.717) is 11.9 Å². The number of imidazole rings is 1. The number of halogens is 1. The molecule has 1 aliphatic heterocycles. The van der Waals surface area contributed by atoms with E-state index in [1.165, 1.54) is 5.56 Å². The maximum Gasteiger partial charge on any atom is 0.260 e. The fourth-order valence-electron chi connectivity index (χ4n) is 4.31. The maximum atomic E-state index is 12.9. The van der Waals surface area contributed by atoms with E-state index in [1.807, 2.05) is 22.7 Å². The number of aromatic nitrogens is 4. The zero-order valence-electron chi connectivity index (χ0n) is 17.8. The Morgan fingerprint density at radius 2 is 1.94 bits per heavy atom. The lowest BCUT2D eigenvalue weighted by Crippen LogP contribution is -2.37. The minimum atomic E-state index is -0.188. The van der Waals surface area contributed by atoms with Crippen molar-refractivity contribution in [2.24, 2.45) is 5.41 Å². The predicted molar refractivity (Wildman–Crippen MR) is 126 cm³/mol. The third-order valence-electron chi connectivity index (χ3n) is 6.38. The summed E-state index contributed by atoms with van der Waals surface area (Å²) in [5, 5.41) is 10.8. The molecule has 5 heterocycles. The fraction of sp³-hybridized carbons (Fsp3) is 0.333. The molecule has 32 heavy (non-hydrogen) atoms. The van der Waals surface area contributed by atoms with E-state index in [9.17, 15) is 10.1 Å². The number of pyridine rings is 3. The topological polar surface area (TPSA) is 79.2 Å². The molecular weight excluding hydrogens is 468 g/mol. The molecule has 1 saturated heterocycles. The summed E-state index contributed by atoms with van der Waals surface area (Å²) < 4.78 is 4.50. The van der Waals surface area contributed by atoms with Gasteiger partial charge in [-0.3, -0.25) is 14.7 Å². The van der Waals surface area contributed by atoms with Gasteiger partial charge in [-0.15, -0.1) is 0 Å². The van der Waals surface area contributed by atoms with Gasteiger partial charge >= 0.3 is 0 Å². The normalized spacial score (nSPS) is 16.4. The summed E-state index contributed by atoms with van der Waals surface area (Å²) in [6.45, 7) is 5.19. The van der Waals surface area contributed by atoms with Crippen LogP contribution in [0.1, 0.15) is 31.0 Å². The summed E-state index contributed by atoms with van der Waals surface area (Å²) >= 11 is 3.45. The Labute approximate surface area is 194 Å². The Morgan fingerprint density at radius 3 is 2.72 bits per heavy atom. The molecule has 0 radical (unpaired) electrons. The van der Waals surface area contributed by atoms with Crippen LogP contribution in [0.3, 0.4) is 0 Å². The van der Waals surface area contributed by atoms with E-state index < -0.39 is 0 Å². The van der Waals surface area contributed by atoms with Crippen molar-refractivity contribution < 1.29 is 0 Å². The first-order valence-electron chi connectivity index (χ1n) is 10.7. The molecule has 0 aromatic carbocycles. The van der Waals surface area contributed by atoms with E-state index in [2.05, 4.69) is 51.1 Å². The first-order valence-corrected chi connectivity index (χ1v) is 11.5. The van der Waals surface area contributed by atoms with Crippen molar-refractivity contribution in [1.82, 2.24) is 23.8 Å². The molecular formula is C24H23BrN6O. The Hall–Kier alpha value is -3.02. The van der Waals surface area contributed by atoms with Crippen LogP contribution in [-0.2, 0) is 13.1 Å². The molecule has 1 fully saturated rings. The van der Waals surface area contributed by atoms with Crippen molar-refractivity contribution in [3.8, 4) is 6.07 Å². The summed E-state index contributed by atoms with van der Waals surface area (Å²) in [5.74, 6) is 0. The molecule has 0 spiro atoms. The van der Waals surface area contributed by atoms with Gasteiger partial charge in [0, 0.05) is 47.4 Å². The van der Waals surface area contributed by atoms with Gasteiger partial charge in [0.15, 0.2) is 0 Å². The molecule has 0 amide bonds. The van der Waals surface area contributed by atoms with Gasteiger partial charge in [0.25, 0.3) is 5.56 Å². The number of rotatable bonds is 4. The zero-order valence-corrected chi connectivity index (χ0v) is 19.4. The SMILES string of the molecule is CC1(C#N)CCN(Cc2ccc3nc(Cn4ccc5c(Br)cncc5c4=O)cn3c2)CC1. The molecule has 162 valence electrons. The van der Waals surface area contributed by atoms with E-state index >= 15 is 0 Å². The lowest BCUT2D eigenvalue weighted by Gasteiger charge is -2.34. The van der Waals surface area contributed by atoms with Crippen LogP contribution in [0.2, 0.25) is 0 Å². The van der Waals surface area contributed by atoms with Crippen molar-refractivity contribution in [3.63, 3.8) is 0 Å². The van der Waals surface area contributed by atoms with Crippen LogP contribution in [0.5, 0.6) is 0 Å². The molecule has 0 saturated carbocycles. The van der Waals surface area contributed by atoms with Gasteiger partial charge in [0.05, 0.1) is 29.1 Å². The number of hydrogen-bond donors (Lipinski definition) is 0. The third-order valence-corrected chi connectivity index (χ3v) is 7.01. The molecule has 0 N–H and O–H groups in total. The zero-order chi connectivity index (χ0) is 22.3. The first kappa shape index (κ1) is 20.9. The second-order valence-electron chi connectivity index (χ2n) is 8.82. The molecule has 0 atom stereocenters. The lowest BCUT2D eigenvalue weighted by molar-refractivity contribution is 0.150. The van der Waals surface area contributed by atoms with Crippen molar-refractivity contribution >= 4 is 32.3 Å². The van der Waals surface area contributed by atoms with Gasteiger partial charge in [0.1, 0.15) is 5.65 Å². The molecule has 7 nitrogen and oxygen atoms in total. The van der Waals surface area contributed by atoms with Gasteiger partial charge in [0.2, 0.25) is 0 Å². The summed E-state index contributed by atoms with van der Waals surface area (Å²) in [5.41, 5.74) is 2.63. The van der Waals surface area contributed by atoms with Gasteiger partial charge in [-0.25, -0.2) is 4.98 Å². The maximum absolute atomic E-state index is 12.9. The molecule has 0 bridgehead atoms. The second kappa shape index (κ2) is 8.15. The molecule has 0 aliphatic carbocycles. The highest BCUT2D eigenvalue weighted by molar-refractivity contribution is 9.10. The molecule has 8 heteroatoms. The van der Waals surface area contributed by atoms with E-state index in [-0.39, 0.29) is 11.0 Å².